The molecule has 0 saturated carbocycles. The van der Waals surface area contributed by atoms with Crippen molar-refractivity contribution in [1.82, 2.24) is 0 Å². The van der Waals surface area contributed by atoms with Gasteiger partial charge in [-0.3, -0.25) is 0 Å². The number of halogens is 1. The Hall–Kier alpha value is -1.74. The molecule has 0 radical (unpaired) electrons. The van der Waals surface area contributed by atoms with Gasteiger partial charge in [-0.05, 0) is 24.6 Å². The first kappa shape index (κ1) is 12.7. The number of hydrogen-bond donors (Lipinski definition) is 0. The molecule has 1 unspecified atom stereocenters. The van der Waals surface area contributed by atoms with Gasteiger partial charge in [-0.25, -0.2) is 4.79 Å². The summed E-state index contributed by atoms with van der Waals surface area (Å²) in [5, 5.41) is 1.30. The second kappa shape index (κ2) is 5.27. The van der Waals surface area contributed by atoms with Crippen LogP contribution in [-0.4, -0.2) is 6.10 Å². The molecule has 4 heteroatoms. The summed E-state index contributed by atoms with van der Waals surface area (Å²) in [7, 11) is 0. The molecule has 1 heterocycles. The average molecular weight is 265 g/mol. The minimum absolute atomic E-state index is 0.250. The van der Waals surface area contributed by atoms with Gasteiger partial charge in [-0.1, -0.05) is 25.1 Å². The van der Waals surface area contributed by atoms with E-state index in [4.69, 9.17) is 20.8 Å². The summed E-state index contributed by atoms with van der Waals surface area (Å²) < 4.78 is 10.8. The minimum atomic E-state index is -0.381. The first-order valence-electron chi connectivity index (χ1n) is 5.65. The third-order valence-corrected chi connectivity index (χ3v) is 2.84. The average Bonchev–Trinajstić information content (AvgIpc) is 2.35. The molecule has 0 aliphatic rings. The van der Waals surface area contributed by atoms with Crippen LogP contribution >= 0.6 is 11.6 Å². The second-order valence-corrected chi connectivity index (χ2v) is 4.40. The summed E-state index contributed by atoms with van der Waals surface area (Å²) in [5.74, 6) is 0.602. The predicted molar refractivity (Wildman–Crippen MR) is 72.2 cm³/mol. The van der Waals surface area contributed by atoms with Gasteiger partial charge >= 0.3 is 5.63 Å². The quantitative estimate of drug-likeness (QED) is 0.791. The van der Waals surface area contributed by atoms with Crippen molar-refractivity contribution in [2.45, 2.75) is 19.4 Å². The molecule has 18 heavy (non-hydrogen) atoms. The number of benzene rings is 1. The molecule has 1 aromatic carbocycles. The molecule has 0 fully saturated rings. The Kier molecular flexibility index (Phi) is 3.72. The Labute approximate surface area is 110 Å². The molecule has 0 N–H and O–H groups in total. The molecule has 2 rings (SSSR count). The zero-order valence-electron chi connectivity index (χ0n) is 9.98. The minimum Gasteiger partial charge on any atom is -0.485 e. The molecule has 2 aromatic rings. The zero-order chi connectivity index (χ0) is 13.1. The van der Waals surface area contributed by atoms with Crippen LogP contribution in [-0.2, 0) is 0 Å². The molecular weight excluding hydrogens is 252 g/mol. The third kappa shape index (κ3) is 2.74. The molecule has 0 bridgehead atoms. The maximum Gasteiger partial charge on any atom is 0.336 e. The third-order valence-electron chi connectivity index (χ3n) is 2.59. The zero-order valence-corrected chi connectivity index (χ0v) is 10.7. The Morgan fingerprint density at radius 1 is 1.44 bits per heavy atom. The second-order valence-electron chi connectivity index (χ2n) is 3.92. The molecule has 1 aromatic heterocycles. The van der Waals surface area contributed by atoms with Crippen molar-refractivity contribution in [3.63, 3.8) is 0 Å². The molecular formula is C14H13ClO3. The maximum atomic E-state index is 11.1. The van der Waals surface area contributed by atoms with Crippen molar-refractivity contribution in [3.05, 3.63) is 52.4 Å². The van der Waals surface area contributed by atoms with Crippen molar-refractivity contribution in [2.24, 2.45) is 0 Å². The van der Waals surface area contributed by atoms with Gasteiger partial charge in [-0.15, -0.1) is 0 Å². The Morgan fingerprint density at radius 2 is 2.17 bits per heavy atom. The monoisotopic (exact) mass is 264 g/mol. The SMILES string of the molecule is C=C(Cl)C(CC)Oc1ccc2ccc(=O)oc2c1. The number of rotatable bonds is 4. The van der Waals surface area contributed by atoms with E-state index in [1.54, 1.807) is 12.1 Å². The number of fused-ring (bicyclic) bond motifs is 1. The van der Waals surface area contributed by atoms with Crippen LogP contribution in [0.2, 0.25) is 0 Å². The fourth-order valence-electron chi connectivity index (χ4n) is 1.65. The van der Waals surface area contributed by atoms with Gasteiger partial charge in [-0.2, -0.15) is 0 Å². The van der Waals surface area contributed by atoms with Gasteiger partial charge < -0.3 is 9.15 Å². The molecule has 0 aliphatic carbocycles. The lowest BCUT2D eigenvalue weighted by molar-refractivity contribution is 0.241. The lowest BCUT2D eigenvalue weighted by Gasteiger charge is -2.16. The van der Waals surface area contributed by atoms with Gasteiger partial charge in [0.2, 0.25) is 0 Å². The number of hydrogen-bond acceptors (Lipinski definition) is 3. The number of ether oxygens (including phenoxy) is 1. The van der Waals surface area contributed by atoms with Gasteiger partial charge in [0.1, 0.15) is 17.4 Å². The Balaban J connectivity index is 2.34. The molecule has 94 valence electrons. The lowest BCUT2D eigenvalue weighted by Crippen LogP contribution is -2.14. The predicted octanol–water partition coefficient (Wildman–Crippen LogP) is 3.70. The maximum absolute atomic E-state index is 11.1. The van der Waals surface area contributed by atoms with Crippen molar-refractivity contribution < 1.29 is 9.15 Å². The van der Waals surface area contributed by atoms with Crippen LogP contribution in [0.3, 0.4) is 0 Å². The standard InChI is InChI=1S/C14H13ClO3/c1-3-12(9(2)15)17-11-6-4-10-5-7-14(16)18-13(10)8-11/h4-8,12H,2-3H2,1H3. The summed E-state index contributed by atoms with van der Waals surface area (Å²) in [6, 6.07) is 8.42. The van der Waals surface area contributed by atoms with E-state index in [0.29, 0.717) is 16.4 Å². The van der Waals surface area contributed by atoms with E-state index in [-0.39, 0.29) is 11.7 Å². The van der Waals surface area contributed by atoms with Crippen LogP contribution in [0.25, 0.3) is 11.0 Å². The van der Waals surface area contributed by atoms with E-state index in [2.05, 4.69) is 6.58 Å². The van der Waals surface area contributed by atoms with E-state index in [1.807, 2.05) is 19.1 Å². The van der Waals surface area contributed by atoms with E-state index in [1.165, 1.54) is 6.07 Å². The Bertz CT molecular complexity index is 630. The molecule has 1 atom stereocenters. The van der Waals surface area contributed by atoms with Crippen LogP contribution in [0.5, 0.6) is 5.75 Å². The van der Waals surface area contributed by atoms with Gasteiger partial charge in [0.05, 0.1) is 5.03 Å². The van der Waals surface area contributed by atoms with Crippen LogP contribution < -0.4 is 10.4 Å². The topological polar surface area (TPSA) is 39.4 Å². The highest BCUT2D eigenvalue weighted by atomic mass is 35.5. The van der Waals surface area contributed by atoms with Gasteiger partial charge in [0.25, 0.3) is 0 Å². The van der Waals surface area contributed by atoms with Crippen LogP contribution in [0.15, 0.2) is 51.2 Å². The highest BCUT2D eigenvalue weighted by Gasteiger charge is 2.11. The summed E-state index contributed by atoms with van der Waals surface area (Å²) in [6.45, 7) is 5.62. The highest BCUT2D eigenvalue weighted by molar-refractivity contribution is 6.29. The van der Waals surface area contributed by atoms with Crippen molar-refractivity contribution in [3.8, 4) is 5.75 Å². The summed E-state index contributed by atoms with van der Waals surface area (Å²) >= 11 is 5.84. The van der Waals surface area contributed by atoms with Crippen LogP contribution in [0.4, 0.5) is 0 Å². The largest absolute Gasteiger partial charge is 0.485 e. The van der Waals surface area contributed by atoms with Crippen molar-refractivity contribution in [2.75, 3.05) is 0 Å². The molecule has 3 nitrogen and oxygen atoms in total. The van der Waals surface area contributed by atoms with E-state index < -0.39 is 0 Å². The summed E-state index contributed by atoms with van der Waals surface area (Å²) in [6.07, 6.45) is 0.471. The van der Waals surface area contributed by atoms with Crippen LogP contribution in [0, 0.1) is 0 Å². The molecule has 0 aliphatic heterocycles. The van der Waals surface area contributed by atoms with E-state index >= 15 is 0 Å². The Morgan fingerprint density at radius 3 is 2.83 bits per heavy atom. The molecule has 0 amide bonds. The summed E-state index contributed by atoms with van der Waals surface area (Å²) in [5.41, 5.74) is 0.114. The van der Waals surface area contributed by atoms with Gasteiger partial charge in [0, 0.05) is 17.5 Å². The fraction of sp³-hybridized carbons (Fsp3) is 0.214. The molecule has 0 spiro atoms. The lowest BCUT2D eigenvalue weighted by atomic mass is 10.2. The summed E-state index contributed by atoms with van der Waals surface area (Å²) in [4.78, 5) is 11.1. The van der Waals surface area contributed by atoms with Crippen LogP contribution in [0.1, 0.15) is 13.3 Å². The van der Waals surface area contributed by atoms with Crippen molar-refractivity contribution in [1.29, 1.82) is 0 Å². The van der Waals surface area contributed by atoms with E-state index in [9.17, 15) is 4.79 Å². The molecule has 0 saturated heterocycles. The smallest absolute Gasteiger partial charge is 0.336 e. The van der Waals surface area contributed by atoms with Gasteiger partial charge in [0.15, 0.2) is 0 Å². The first-order chi connectivity index (χ1) is 8.60. The fourth-order valence-corrected chi connectivity index (χ4v) is 1.85. The normalized spacial score (nSPS) is 12.3. The van der Waals surface area contributed by atoms with Crippen molar-refractivity contribution >= 4 is 22.6 Å². The first-order valence-corrected chi connectivity index (χ1v) is 6.03. The highest BCUT2D eigenvalue weighted by Crippen LogP contribution is 2.23. The van der Waals surface area contributed by atoms with E-state index in [0.717, 1.165) is 11.8 Å².